The first-order valence-corrected chi connectivity index (χ1v) is 5.53. The van der Waals surface area contributed by atoms with E-state index in [9.17, 15) is 0 Å². The summed E-state index contributed by atoms with van der Waals surface area (Å²) in [5.41, 5.74) is 4.45. The zero-order chi connectivity index (χ0) is 10.1. The molecule has 1 aliphatic rings. The molecule has 0 bridgehead atoms. The maximum atomic E-state index is 5.97. The molecule has 0 radical (unpaired) electrons. The van der Waals surface area contributed by atoms with E-state index in [-0.39, 0.29) is 0 Å². The second-order valence-electron chi connectivity index (χ2n) is 3.78. The summed E-state index contributed by atoms with van der Waals surface area (Å²) >= 11 is 10.9. The molecule has 1 nitrogen and oxygen atoms in total. The van der Waals surface area contributed by atoms with Gasteiger partial charge >= 0.3 is 0 Å². The van der Waals surface area contributed by atoms with Gasteiger partial charge in [0, 0.05) is 18.1 Å². The number of fused-ring (bicyclic) bond motifs is 1. The minimum absolute atomic E-state index is 0.511. The quantitative estimate of drug-likeness (QED) is 0.676. The van der Waals surface area contributed by atoms with Crippen LogP contribution in [0, 0.1) is 0 Å². The number of halogens is 1. The highest BCUT2D eigenvalue weighted by atomic mass is 35.5. The summed E-state index contributed by atoms with van der Waals surface area (Å²) < 4.78 is 0. The van der Waals surface area contributed by atoms with Crippen LogP contribution in [0.4, 0.5) is 0 Å². The van der Waals surface area contributed by atoms with Crippen molar-refractivity contribution in [2.45, 2.75) is 19.4 Å². The minimum atomic E-state index is 0.511. The van der Waals surface area contributed by atoms with Gasteiger partial charge in [0.2, 0.25) is 0 Å². The van der Waals surface area contributed by atoms with Crippen molar-refractivity contribution in [1.29, 1.82) is 0 Å². The van der Waals surface area contributed by atoms with E-state index in [2.05, 4.69) is 24.0 Å². The van der Waals surface area contributed by atoms with Crippen LogP contribution in [0.2, 0.25) is 5.02 Å². The maximum Gasteiger partial charge on any atom is 0.0644 e. The number of thiocarbonyl (C=S) groups is 1. The highest BCUT2D eigenvalue weighted by molar-refractivity contribution is 7.78. The van der Waals surface area contributed by atoms with Gasteiger partial charge in [0.1, 0.15) is 0 Å². The molecule has 14 heavy (non-hydrogen) atoms. The minimum Gasteiger partial charge on any atom is -0.364 e. The molecule has 0 aliphatic carbocycles. The summed E-state index contributed by atoms with van der Waals surface area (Å²) in [6.07, 6.45) is 0. The van der Waals surface area contributed by atoms with Crippen LogP contribution in [0.1, 0.15) is 24.0 Å². The van der Waals surface area contributed by atoms with E-state index in [1.54, 1.807) is 5.49 Å². The number of nitrogens with zero attached hydrogens (tertiary/aromatic N) is 1. The van der Waals surface area contributed by atoms with Gasteiger partial charge in [-0.05, 0) is 29.2 Å². The van der Waals surface area contributed by atoms with Crippen LogP contribution in [0.15, 0.2) is 18.2 Å². The molecule has 1 atom stereocenters. The van der Waals surface area contributed by atoms with Crippen LogP contribution < -0.4 is 0 Å². The topological polar surface area (TPSA) is 3.24 Å². The number of rotatable bonds is 1. The van der Waals surface area contributed by atoms with E-state index in [0.29, 0.717) is 5.92 Å². The largest absolute Gasteiger partial charge is 0.364 e. The second-order valence-corrected chi connectivity index (χ2v) is 4.43. The fourth-order valence-corrected chi connectivity index (χ4v) is 2.32. The van der Waals surface area contributed by atoms with Gasteiger partial charge in [-0.1, -0.05) is 36.8 Å². The van der Waals surface area contributed by atoms with Crippen LogP contribution >= 0.6 is 23.8 Å². The van der Waals surface area contributed by atoms with Crippen LogP contribution in [-0.4, -0.2) is 16.9 Å². The van der Waals surface area contributed by atoms with Crippen molar-refractivity contribution < 1.29 is 0 Å². The molecule has 0 saturated heterocycles. The van der Waals surface area contributed by atoms with E-state index < -0.39 is 0 Å². The fourth-order valence-electron chi connectivity index (χ4n) is 1.98. The third-order valence-electron chi connectivity index (χ3n) is 2.67. The average Bonchev–Trinajstić information content (AvgIpc) is 2.19. The Hall–Kier alpha value is -0.600. The average molecular weight is 226 g/mol. The third kappa shape index (κ3) is 1.77. The molecule has 74 valence electrons. The van der Waals surface area contributed by atoms with Crippen molar-refractivity contribution in [2.75, 3.05) is 6.54 Å². The highest BCUT2D eigenvalue weighted by Crippen LogP contribution is 2.29. The smallest absolute Gasteiger partial charge is 0.0644 e. The Balaban J connectivity index is 2.39. The number of benzene rings is 1. The Labute approximate surface area is 94.7 Å². The molecule has 0 aromatic heterocycles. The summed E-state index contributed by atoms with van der Waals surface area (Å²) in [5.74, 6) is 0.511. The zero-order valence-corrected chi connectivity index (χ0v) is 9.61. The van der Waals surface area contributed by atoms with Crippen molar-refractivity contribution in [3.05, 3.63) is 34.3 Å². The standard InChI is InChI=1S/C11H12ClNS/c1-8-5-13(7-14)6-9-2-3-10(12)4-11(8)9/h2-4,7-8H,5-6H2,1H3. The zero-order valence-electron chi connectivity index (χ0n) is 8.03. The molecule has 1 heterocycles. The molecule has 2 rings (SSSR count). The van der Waals surface area contributed by atoms with Gasteiger partial charge < -0.3 is 4.90 Å². The van der Waals surface area contributed by atoms with E-state index in [0.717, 1.165) is 18.1 Å². The molecule has 0 N–H and O–H groups in total. The van der Waals surface area contributed by atoms with Crippen molar-refractivity contribution in [3.63, 3.8) is 0 Å². The van der Waals surface area contributed by atoms with Gasteiger partial charge in [0.15, 0.2) is 0 Å². The predicted octanol–water partition coefficient (Wildman–Crippen LogP) is 3.22. The predicted molar refractivity (Wildman–Crippen MR) is 63.9 cm³/mol. The van der Waals surface area contributed by atoms with Crippen LogP contribution in [0.5, 0.6) is 0 Å². The van der Waals surface area contributed by atoms with Gasteiger partial charge in [-0.25, -0.2) is 0 Å². The van der Waals surface area contributed by atoms with Gasteiger partial charge in [0.05, 0.1) is 5.49 Å². The molecule has 1 aromatic carbocycles. The van der Waals surface area contributed by atoms with Crippen molar-refractivity contribution in [3.8, 4) is 0 Å². The summed E-state index contributed by atoms with van der Waals surface area (Å²) in [7, 11) is 0. The van der Waals surface area contributed by atoms with Crippen molar-refractivity contribution in [1.82, 2.24) is 4.90 Å². The normalized spacial score (nSPS) is 20.4. The Kier molecular flexibility index (Phi) is 2.75. The molecule has 1 aliphatic heterocycles. The number of hydrogen-bond acceptors (Lipinski definition) is 1. The molecule has 0 amide bonds. The Morgan fingerprint density at radius 2 is 2.36 bits per heavy atom. The second kappa shape index (κ2) is 3.87. The Bertz CT molecular complexity index is 364. The van der Waals surface area contributed by atoms with E-state index >= 15 is 0 Å². The molecule has 0 fully saturated rings. The van der Waals surface area contributed by atoms with E-state index in [1.165, 1.54) is 11.1 Å². The van der Waals surface area contributed by atoms with Gasteiger partial charge in [-0.15, -0.1) is 0 Å². The maximum absolute atomic E-state index is 5.97. The molecule has 1 aromatic rings. The first-order valence-electron chi connectivity index (χ1n) is 4.68. The van der Waals surface area contributed by atoms with Gasteiger partial charge in [-0.2, -0.15) is 0 Å². The Morgan fingerprint density at radius 3 is 3.07 bits per heavy atom. The van der Waals surface area contributed by atoms with Crippen LogP contribution in [0.25, 0.3) is 0 Å². The lowest BCUT2D eigenvalue weighted by molar-refractivity contribution is 0.376. The van der Waals surface area contributed by atoms with Gasteiger partial charge in [-0.3, -0.25) is 0 Å². The third-order valence-corrected chi connectivity index (χ3v) is 3.20. The summed E-state index contributed by atoms with van der Waals surface area (Å²) in [4.78, 5) is 2.16. The molecule has 1 unspecified atom stereocenters. The molecular formula is C11H12ClNS. The monoisotopic (exact) mass is 225 g/mol. The molecule has 0 saturated carbocycles. The molecular weight excluding hydrogens is 214 g/mol. The number of hydrogen-bond donors (Lipinski definition) is 0. The van der Waals surface area contributed by atoms with Crippen molar-refractivity contribution in [2.24, 2.45) is 0 Å². The van der Waals surface area contributed by atoms with Crippen molar-refractivity contribution >= 4 is 29.3 Å². The Morgan fingerprint density at radius 1 is 1.57 bits per heavy atom. The first kappa shape index (κ1) is 9.94. The fraction of sp³-hybridized carbons (Fsp3) is 0.364. The highest BCUT2D eigenvalue weighted by Gasteiger charge is 2.20. The van der Waals surface area contributed by atoms with Crippen LogP contribution in [-0.2, 0) is 6.54 Å². The lowest BCUT2D eigenvalue weighted by Gasteiger charge is -2.31. The SMILES string of the molecule is CC1CN(C=S)Cc2ccc(Cl)cc21. The van der Waals surface area contributed by atoms with E-state index in [1.807, 2.05) is 6.07 Å². The molecule has 3 heteroatoms. The summed E-state index contributed by atoms with van der Waals surface area (Å²) in [5, 5.41) is 0.825. The lowest BCUT2D eigenvalue weighted by Crippen LogP contribution is -2.30. The first-order chi connectivity index (χ1) is 6.70. The molecule has 0 spiro atoms. The van der Waals surface area contributed by atoms with E-state index in [4.69, 9.17) is 23.8 Å². The summed E-state index contributed by atoms with van der Waals surface area (Å²) in [6, 6.07) is 6.11. The van der Waals surface area contributed by atoms with Gasteiger partial charge in [0.25, 0.3) is 0 Å². The summed E-state index contributed by atoms with van der Waals surface area (Å²) in [6.45, 7) is 4.12. The lowest BCUT2D eigenvalue weighted by atomic mass is 9.91. The van der Waals surface area contributed by atoms with Crippen LogP contribution in [0.3, 0.4) is 0 Å².